The van der Waals surface area contributed by atoms with Crippen molar-refractivity contribution < 1.29 is 41.4 Å². The minimum Gasteiger partial charge on any atom is -0.454 e. The van der Waals surface area contributed by atoms with Gasteiger partial charge in [-0.2, -0.15) is 13.2 Å². The van der Waals surface area contributed by atoms with Gasteiger partial charge in [-0.25, -0.2) is 9.37 Å². The zero-order chi connectivity index (χ0) is 34.7. The Balaban J connectivity index is 1.03. The van der Waals surface area contributed by atoms with E-state index in [-0.39, 0.29) is 36.9 Å². The average molecular weight is 680 g/mol. The second-order valence-electron chi connectivity index (χ2n) is 11.8. The molecular formula is C35H33F4N5O5. The number of hydrogen-bond donors (Lipinski definition) is 1. The van der Waals surface area contributed by atoms with E-state index in [1.54, 1.807) is 12.1 Å². The number of fused-ring (bicyclic) bond motifs is 1. The lowest BCUT2D eigenvalue weighted by Crippen LogP contribution is -2.50. The molecule has 1 saturated heterocycles. The van der Waals surface area contributed by atoms with Gasteiger partial charge in [0.15, 0.2) is 11.5 Å². The lowest BCUT2D eigenvalue weighted by molar-refractivity contribution is -0.137. The molecule has 6 rings (SSSR count). The summed E-state index contributed by atoms with van der Waals surface area (Å²) in [4.78, 5) is 36.1. The number of carbonyl (C=O) groups excluding carboxylic acids is 2. The molecule has 1 aromatic heterocycles. The third-order valence-corrected chi connectivity index (χ3v) is 8.31. The Morgan fingerprint density at radius 3 is 2.49 bits per heavy atom. The number of aryl methyl sites for hydroxylation is 1. The first kappa shape index (κ1) is 33.5. The summed E-state index contributed by atoms with van der Waals surface area (Å²) in [6, 6.07) is 16.0. The fraction of sp³-hybridized carbons (Fsp3) is 0.286. The van der Waals surface area contributed by atoms with Crippen LogP contribution in [0.1, 0.15) is 27.0 Å². The van der Waals surface area contributed by atoms with Crippen LogP contribution in [-0.2, 0) is 17.5 Å². The summed E-state index contributed by atoms with van der Waals surface area (Å²) in [7, 11) is 1.83. The molecule has 0 bridgehead atoms. The van der Waals surface area contributed by atoms with Crippen LogP contribution in [0.2, 0.25) is 0 Å². The Labute approximate surface area is 279 Å². The van der Waals surface area contributed by atoms with Crippen molar-refractivity contribution in [1.82, 2.24) is 14.8 Å². The number of rotatable bonds is 9. The summed E-state index contributed by atoms with van der Waals surface area (Å²) in [5.41, 5.74) is 0.952. The lowest BCUT2D eigenvalue weighted by Gasteiger charge is -2.35. The minimum atomic E-state index is -4.75. The van der Waals surface area contributed by atoms with Crippen LogP contribution in [0.4, 0.5) is 28.9 Å². The van der Waals surface area contributed by atoms with Gasteiger partial charge in [-0.15, -0.1) is 0 Å². The Morgan fingerprint density at radius 2 is 1.76 bits per heavy atom. The van der Waals surface area contributed by atoms with Crippen molar-refractivity contribution in [3.63, 3.8) is 0 Å². The molecular weight excluding hydrogens is 646 g/mol. The molecule has 0 radical (unpaired) electrons. The van der Waals surface area contributed by atoms with E-state index in [0.717, 1.165) is 48.5 Å². The molecule has 0 unspecified atom stereocenters. The van der Waals surface area contributed by atoms with Crippen molar-refractivity contribution in [2.24, 2.45) is 0 Å². The highest BCUT2D eigenvalue weighted by Gasteiger charge is 2.32. The Morgan fingerprint density at radius 1 is 0.980 bits per heavy atom. The van der Waals surface area contributed by atoms with Crippen LogP contribution in [0.25, 0.3) is 0 Å². The Bertz CT molecular complexity index is 1860. The first-order chi connectivity index (χ1) is 23.4. The van der Waals surface area contributed by atoms with Gasteiger partial charge in [-0.05, 0) is 78.7 Å². The quantitative estimate of drug-likeness (QED) is 0.212. The third kappa shape index (κ3) is 7.86. The van der Waals surface area contributed by atoms with Crippen molar-refractivity contribution in [2.75, 3.05) is 56.8 Å². The monoisotopic (exact) mass is 679 g/mol. The largest absolute Gasteiger partial charge is 0.454 e. The van der Waals surface area contributed by atoms with E-state index in [0.29, 0.717) is 30.5 Å². The molecule has 4 aromatic rings. The number of ether oxygens (including phenoxy) is 3. The number of hydrogen-bond acceptors (Lipinski definition) is 8. The lowest BCUT2D eigenvalue weighted by atomic mass is 10.1. The van der Waals surface area contributed by atoms with Crippen LogP contribution >= 0.6 is 0 Å². The van der Waals surface area contributed by atoms with E-state index in [2.05, 4.69) is 15.2 Å². The third-order valence-electron chi connectivity index (χ3n) is 8.31. The van der Waals surface area contributed by atoms with E-state index in [1.165, 1.54) is 18.3 Å². The molecule has 2 aliphatic heterocycles. The molecule has 1 fully saturated rings. The second kappa shape index (κ2) is 14.0. The zero-order valence-electron chi connectivity index (χ0n) is 26.7. The maximum atomic E-state index is 14.4. The van der Waals surface area contributed by atoms with E-state index in [1.807, 2.05) is 48.0 Å². The predicted molar refractivity (Wildman–Crippen MR) is 173 cm³/mol. The molecule has 3 heterocycles. The highest BCUT2D eigenvalue weighted by atomic mass is 19.4. The van der Waals surface area contributed by atoms with E-state index in [9.17, 15) is 27.2 Å². The summed E-state index contributed by atoms with van der Waals surface area (Å²) < 4.78 is 70.0. The number of pyridine rings is 1. The van der Waals surface area contributed by atoms with Gasteiger partial charge in [0.05, 0.1) is 17.7 Å². The molecule has 3 aromatic carbocycles. The molecule has 1 N–H and O–H groups in total. The van der Waals surface area contributed by atoms with E-state index < -0.39 is 29.0 Å². The average Bonchev–Trinajstić information content (AvgIpc) is 3.54. The maximum Gasteiger partial charge on any atom is 0.416 e. The molecule has 14 heteroatoms. The number of aromatic nitrogens is 1. The first-order valence-electron chi connectivity index (χ1n) is 15.5. The van der Waals surface area contributed by atoms with E-state index >= 15 is 0 Å². The van der Waals surface area contributed by atoms with Crippen LogP contribution < -0.4 is 24.4 Å². The van der Waals surface area contributed by atoms with Crippen LogP contribution in [-0.4, -0.2) is 73.2 Å². The number of carbonyl (C=O) groups is 2. The molecule has 0 saturated carbocycles. The highest BCUT2D eigenvalue weighted by molar-refractivity contribution is 6.05. The van der Waals surface area contributed by atoms with Crippen LogP contribution in [0, 0.1) is 12.7 Å². The van der Waals surface area contributed by atoms with Gasteiger partial charge in [-0.3, -0.25) is 14.5 Å². The number of amides is 2. The van der Waals surface area contributed by atoms with Gasteiger partial charge in [-0.1, -0.05) is 6.07 Å². The fourth-order valence-corrected chi connectivity index (χ4v) is 5.57. The molecule has 256 valence electrons. The molecule has 0 aliphatic carbocycles. The smallest absolute Gasteiger partial charge is 0.416 e. The van der Waals surface area contributed by atoms with Crippen molar-refractivity contribution in [1.29, 1.82) is 0 Å². The molecule has 2 amide bonds. The topological polar surface area (TPSA) is 96.5 Å². The summed E-state index contributed by atoms with van der Waals surface area (Å²) in [6.07, 6.45) is -3.31. The zero-order valence-corrected chi connectivity index (χ0v) is 26.7. The number of nitrogens with zero attached hydrogens (tertiary/aromatic N) is 4. The molecule has 49 heavy (non-hydrogen) atoms. The minimum absolute atomic E-state index is 0.000202. The predicted octanol–water partition coefficient (Wildman–Crippen LogP) is 6.10. The van der Waals surface area contributed by atoms with Gasteiger partial charge in [0, 0.05) is 51.7 Å². The number of halogens is 4. The number of likely N-dealkylation sites (N-methyl/N-ethyl adjacent to an activating group) is 1. The highest BCUT2D eigenvalue weighted by Crippen LogP contribution is 2.34. The van der Waals surface area contributed by atoms with Crippen molar-refractivity contribution >= 4 is 23.2 Å². The Hall–Kier alpha value is -5.37. The van der Waals surface area contributed by atoms with Crippen LogP contribution in [0.3, 0.4) is 0 Å². The molecule has 0 spiro atoms. The van der Waals surface area contributed by atoms with Gasteiger partial charge in [0.1, 0.15) is 17.3 Å². The molecule has 0 atom stereocenters. The molecule has 10 nitrogen and oxygen atoms in total. The second-order valence-corrected chi connectivity index (χ2v) is 11.8. The normalized spacial score (nSPS) is 14.4. The van der Waals surface area contributed by atoms with Crippen molar-refractivity contribution in [3.05, 3.63) is 101 Å². The van der Waals surface area contributed by atoms with Crippen LogP contribution in [0.15, 0.2) is 72.9 Å². The number of alkyl halides is 3. The number of anilines is 2. The fourth-order valence-electron chi connectivity index (χ4n) is 5.57. The standard InChI is InChI=1S/C35H33F4N5O5/c1-22-16-25(42(2)20-32(45)44-14-12-43(13-15-44)19-23-5-9-30-31(17-23)48-21-47-30)7-10-29(22)49-34-28(4-3-11-40-34)41-33(46)26-8-6-24(18-27(26)36)35(37,38)39/h3-11,16-18H,12-15,19-21H2,1-2H3,(H,41,46). The summed E-state index contributed by atoms with van der Waals surface area (Å²) in [5, 5.41) is 2.46. The maximum absolute atomic E-state index is 14.4. The summed E-state index contributed by atoms with van der Waals surface area (Å²) in [6.45, 7) is 5.74. The van der Waals surface area contributed by atoms with E-state index in [4.69, 9.17) is 14.2 Å². The van der Waals surface area contributed by atoms with Crippen LogP contribution in [0.5, 0.6) is 23.1 Å². The molecule has 2 aliphatic rings. The number of piperazine rings is 1. The number of benzene rings is 3. The Kier molecular flexibility index (Phi) is 9.58. The summed E-state index contributed by atoms with van der Waals surface area (Å²) in [5.74, 6) is -0.337. The van der Waals surface area contributed by atoms with Gasteiger partial charge in [0.2, 0.25) is 18.6 Å². The summed E-state index contributed by atoms with van der Waals surface area (Å²) >= 11 is 0. The van der Waals surface area contributed by atoms with Crippen molar-refractivity contribution in [2.45, 2.75) is 19.6 Å². The van der Waals surface area contributed by atoms with Gasteiger partial charge in [0.25, 0.3) is 5.91 Å². The number of nitrogens with one attached hydrogen (secondary N) is 1. The van der Waals surface area contributed by atoms with Gasteiger partial charge < -0.3 is 29.3 Å². The van der Waals surface area contributed by atoms with Crippen molar-refractivity contribution in [3.8, 4) is 23.1 Å². The first-order valence-corrected chi connectivity index (χ1v) is 15.5. The SMILES string of the molecule is Cc1cc(N(C)CC(=O)N2CCN(Cc3ccc4c(c3)OCO4)CC2)ccc1Oc1ncccc1NC(=O)c1ccc(C(F)(F)F)cc1F. The van der Waals surface area contributed by atoms with Gasteiger partial charge >= 0.3 is 6.18 Å².